The highest BCUT2D eigenvalue weighted by molar-refractivity contribution is 7.78. The summed E-state index contributed by atoms with van der Waals surface area (Å²) in [6.45, 7) is 2.03. The fourth-order valence-corrected chi connectivity index (χ4v) is 0.961. The van der Waals surface area contributed by atoms with Crippen LogP contribution in [0.5, 0.6) is 0 Å². The third-order valence-corrected chi connectivity index (χ3v) is 1.48. The number of allylic oxidation sites excluding steroid dienone is 1. The lowest BCUT2D eigenvalue weighted by Gasteiger charge is -1.82. The molecule has 0 spiro atoms. The fraction of sp³-hybridized carbons (Fsp3) is 0.286. The lowest BCUT2D eigenvalue weighted by atomic mass is 10.3. The van der Waals surface area contributed by atoms with Crippen molar-refractivity contribution in [3.8, 4) is 0 Å². The van der Waals surface area contributed by atoms with E-state index in [1.54, 1.807) is 0 Å². The highest BCUT2D eigenvalue weighted by Gasteiger charge is 2.02. The van der Waals surface area contributed by atoms with Gasteiger partial charge in [0.25, 0.3) is 0 Å². The number of nitrogens with one attached hydrogen (secondary N) is 1. The first-order valence-electron chi connectivity index (χ1n) is 3.61. The Hall–Kier alpha value is -1.10. The summed E-state index contributed by atoms with van der Waals surface area (Å²) in [5.41, 5.74) is 1.22. The van der Waals surface area contributed by atoms with E-state index in [2.05, 4.69) is 23.0 Å². The van der Waals surface area contributed by atoms with Gasteiger partial charge in [0.05, 0.1) is 0 Å². The van der Waals surface area contributed by atoms with Crippen LogP contribution in [0.15, 0.2) is 6.08 Å². The van der Waals surface area contributed by atoms with Crippen LogP contribution in [0.25, 0.3) is 6.08 Å². The van der Waals surface area contributed by atoms with E-state index in [4.69, 9.17) is 5.41 Å². The van der Waals surface area contributed by atoms with Crippen molar-refractivity contribution in [3.63, 3.8) is 0 Å². The van der Waals surface area contributed by atoms with E-state index in [9.17, 15) is 0 Å². The average Bonchev–Trinajstić information content (AvgIpc) is 2.42. The van der Waals surface area contributed by atoms with Gasteiger partial charge < -0.3 is 5.41 Å². The van der Waals surface area contributed by atoms with Gasteiger partial charge in [0.2, 0.25) is 0 Å². The molecule has 64 valence electrons. The van der Waals surface area contributed by atoms with Crippen LogP contribution in [0.4, 0.5) is 0 Å². The third kappa shape index (κ3) is 1.94. The molecule has 0 aliphatic rings. The smallest absolute Gasteiger partial charge is 0.131 e. The molecule has 1 aromatic rings. The molecule has 0 bridgehead atoms. The first-order valence-corrected chi connectivity index (χ1v) is 4.01. The maximum absolute atomic E-state index is 7.02. The predicted molar refractivity (Wildman–Crippen MR) is 51.6 cm³/mol. The van der Waals surface area contributed by atoms with Crippen molar-refractivity contribution >= 4 is 25.1 Å². The zero-order chi connectivity index (χ0) is 8.97. The Morgan fingerprint density at radius 2 is 2.17 bits per heavy atom. The molecule has 0 saturated heterocycles. The van der Waals surface area contributed by atoms with Crippen LogP contribution in [0.2, 0.25) is 0 Å². The normalized spacial score (nSPS) is 10.8. The summed E-state index contributed by atoms with van der Waals surface area (Å²) in [7, 11) is 0. The Bertz CT molecular complexity index is 302. The summed E-state index contributed by atoms with van der Waals surface area (Å²) < 4.78 is 1.16. The third-order valence-electron chi connectivity index (χ3n) is 1.30. The molecule has 1 aromatic heterocycles. The van der Waals surface area contributed by atoms with Gasteiger partial charge >= 0.3 is 0 Å². The molecule has 0 aliphatic heterocycles. The van der Waals surface area contributed by atoms with Gasteiger partial charge in [0.15, 0.2) is 0 Å². The fourth-order valence-electron chi connectivity index (χ4n) is 0.769. The van der Waals surface area contributed by atoms with Crippen LogP contribution in [-0.2, 0) is 0 Å². The van der Waals surface area contributed by atoms with Gasteiger partial charge in [0, 0.05) is 6.21 Å². The number of nitrogens with zero attached hydrogens (tertiary/aromatic N) is 3. The van der Waals surface area contributed by atoms with Crippen LogP contribution in [0.1, 0.15) is 24.7 Å². The predicted octanol–water partition coefficient (Wildman–Crippen LogP) is 1.39. The van der Waals surface area contributed by atoms with Crippen molar-refractivity contribution < 1.29 is 0 Å². The van der Waals surface area contributed by atoms with Crippen LogP contribution in [-0.4, -0.2) is 20.6 Å². The van der Waals surface area contributed by atoms with Gasteiger partial charge in [-0.3, -0.25) is 0 Å². The monoisotopic (exact) mass is 182 g/mol. The van der Waals surface area contributed by atoms with Gasteiger partial charge in [-0.1, -0.05) is 13.0 Å². The first kappa shape index (κ1) is 8.99. The summed E-state index contributed by atoms with van der Waals surface area (Å²) in [5, 5.41) is 14.8. The van der Waals surface area contributed by atoms with E-state index in [-0.39, 0.29) is 0 Å². The van der Waals surface area contributed by atoms with Gasteiger partial charge in [-0.05, 0) is 25.3 Å². The SMILES string of the molecule is CC/C=C\c1nn(S)nc1C=N. The van der Waals surface area contributed by atoms with E-state index >= 15 is 0 Å². The molecule has 1 rings (SSSR count). The minimum atomic E-state index is 0.537. The molecule has 1 heterocycles. The highest BCUT2D eigenvalue weighted by Crippen LogP contribution is 2.03. The quantitative estimate of drug-likeness (QED) is 0.548. The van der Waals surface area contributed by atoms with Crippen LogP contribution >= 0.6 is 12.8 Å². The second-order valence-corrected chi connectivity index (χ2v) is 2.55. The number of hydrogen-bond acceptors (Lipinski definition) is 4. The minimum Gasteiger partial charge on any atom is -0.306 e. The Kier molecular flexibility index (Phi) is 3.04. The lowest BCUT2D eigenvalue weighted by Crippen LogP contribution is -1.85. The second kappa shape index (κ2) is 4.06. The van der Waals surface area contributed by atoms with Gasteiger partial charge in [-0.15, -0.1) is 14.4 Å². The van der Waals surface area contributed by atoms with Crippen LogP contribution < -0.4 is 0 Å². The largest absolute Gasteiger partial charge is 0.306 e. The maximum atomic E-state index is 7.02. The van der Waals surface area contributed by atoms with E-state index in [1.807, 2.05) is 19.1 Å². The van der Waals surface area contributed by atoms with Crippen molar-refractivity contribution in [2.75, 3.05) is 0 Å². The molecule has 0 fully saturated rings. The van der Waals surface area contributed by atoms with Crippen LogP contribution in [0.3, 0.4) is 0 Å². The number of thiol groups is 1. The molecule has 1 N–H and O–H groups in total. The van der Waals surface area contributed by atoms with E-state index < -0.39 is 0 Å². The molecular weight excluding hydrogens is 172 g/mol. The van der Waals surface area contributed by atoms with Gasteiger partial charge in [-0.2, -0.15) is 0 Å². The summed E-state index contributed by atoms with van der Waals surface area (Å²) in [6, 6.07) is 0. The zero-order valence-corrected chi connectivity index (χ0v) is 7.62. The van der Waals surface area contributed by atoms with Gasteiger partial charge in [-0.25, -0.2) is 0 Å². The number of rotatable bonds is 3. The minimum absolute atomic E-state index is 0.537. The standard InChI is InChI=1S/C7H10N4S/c1-2-3-4-6-7(5-8)10-11(12)9-6/h3-5,8,12H,2H2,1H3/b4-3-,8-5?. The summed E-state index contributed by atoms with van der Waals surface area (Å²) in [5.74, 6) is 0. The molecule has 4 nitrogen and oxygen atoms in total. The Balaban J connectivity index is 2.96. The maximum Gasteiger partial charge on any atom is 0.131 e. The molecule has 12 heavy (non-hydrogen) atoms. The van der Waals surface area contributed by atoms with Crippen LogP contribution in [0, 0.1) is 5.41 Å². The van der Waals surface area contributed by atoms with E-state index in [0.717, 1.165) is 16.8 Å². The summed E-state index contributed by atoms with van der Waals surface area (Å²) in [6.07, 6.45) is 5.90. The van der Waals surface area contributed by atoms with E-state index in [1.165, 1.54) is 0 Å². The molecule has 0 atom stereocenters. The highest BCUT2D eigenvalue weighted by atomic mass is 32.1. The first-order chi connectivity index (χ1) is 5.77. The Labute approximate surface area is 76.3 Å². The molecule has 0 amide bonds. The Morgan fingerprint density at radius 1 is 1.50 bits per heavy atom. The molecule has 0 saturated carbocycles. The second-order valence-electron chi connectivity index (χ2n) is 2.19. The zero-order valence-electron chi connectivity index (χ0n) is 6.73. The average molecular weight is 182 g/mol. The summed E-state index contributed by atoms with van der Waals surface area (Å²) >= 11 is 3.91. The van der Waals surface area contributed by atoms with Crippen molar-refractivity contribution in [3.05, 3.63) is 17.5 Å². The molecule has 0 unspecified atom stereocenters. The van der Waals surface area contributed by atoms with Gasteiger partial charge in [0.1, 0.15) is 11.4 Å². The van der Waals surface area contributed by atoms with Crippen molar-refractivity contribution in [1.82, 2.24) is 14.4 Å². The lowest BCUT2D eigenvalue weighted by molar-refractivity contribution is 0.868. The van der Waals surface area contributed by atoms with E-state index in [0.29, 0.717) is 11.4 Å². The van der Waals surface area contributed by atoms with Crippen molar-refractivity contribution in [2.45, 2.75) is 13.3 Å². The molecule has 0 aromatic carbocycles. The number of aromatic nitrogens is 3. The molecule has 0 radical (unpaired) electrons. The molecule has 5 heteroatoms. The molecular formula is C7H10N4S. The van der Waals surface area contributed by atoms with Crippen molar-refractivity contribution in [1.29, 1.82) is 5.41 Å². The summed E-state index contributed by atoms with van der Waals surface area (Å²) in [4.78, 5) is 0. The number of hydrogen-bond donors (Lipinski definition) is 2. The topological polar surface area (TPSA) is 54.6 Å². The Morgan fingerprint density at radius 3 is 2.75 bits per heavy atom. The molecule has 0 aliphatic carbocycles. The van der Waals surface area contributed by atoms with Crippen molar-refractivity contribution in [2.24, 2.45) is 0 Å².